The number of nitrogens with one attached hydrogen (secondary N) is 1. The van der Waals surface area contributed by atoms with Crippen LogP contribution in [0.2, 0.25) is 0 Å². The van der Waals surface area contributed by atoms with Gasteiger partial charge < -0.3 is 14.7 Å². The van der Waals surface area contributed by atoms with E-state index < -0.39 is 10.0 Å². The lowest BCUT2D eigenvalue weighted by molar-refractivity contribution is 0.580. The average Bonchev–Trinajstić information content (AvgIpc) is 3.51. The molecule has 0 spiro atoms. The van der Waals surface area contributed by atoms with Gasteiger partial charge in [0.05, 0.1) is 36.4 Å². The summed E-state index contributed by atoms with van der Waals surface area (Å²) >= 11 is 0. The number of aromatic nitrogens is 6. The van der Waals surface area contributed by atoms with Crippen molar-refractivity contribution in [1.29, 1.82) is 0 Å². The predicted octanol–water partition coefficient (Wildman–Crippen LogP) is 2.25. The summed E-state index contributed by atoms with van der Waals surface area (Å²) < 4.78 is 36.8. The van der Waals surface area contributed by atoms with E-state index in [1.165, 1.54) is 12.5 Å². The van der Waals surface area contributed by atoms with Gasteiger partial charge in [0.25, 0.3) is 10.0 Å². The van der Waals surface area contributed by atoms with Crippen molar-refractivity contribution in [2.24, 2.45) is 7.05 Å². The van der Waals surface area contributed by atoms with Crippen LogP contribution in [0.5, 0.6) is 0 Å². The van der Waals surface area contributed by atoms with Crippen LogP contribution in [0.15, 0.2) is 70.8 Å². The molecule has 162 valence electrons. The number of hydrogen-bond donors (Lipinski definition) is 2. The summed E-state index contributed by atoms with van der Waals surface area (Å²) in [5.41, 5.74) is 8.07. The van der Waals surface area contributed by atoms with Gasteiger partial charge in [-0.1, -0.05) is 18.2 Å². The van der Waals surface area contributed by atoms with Crippen LogP contribution in [-0.4, -0.2) is 37.7 Å². The Bertz CT molecular complexity index is 1520. The first-order chi connectivity index (χ1) is 15.4. The van der Waals surface area contributed by atoms with E-state index >= 15 is 0 Å². The van der Waals surface area contributed by atoms with E-state index in [0.29, 0.717) is 33.7 Å². The van der Waals surface area contributed by atoms with Crippen molar-refractivity contribution < 1.29 is 12.8 Å². The molecule has 32 heavy (non-hydrogen) atoms. The molecule has 0 aliphatic carbocycles. The smallest absolute Gasteiger partial charge is 0.280 e. The Morgan fingerprint density at radius 3 is 2.75 bits per heavy atom. The number of fused-ring (bicyclic) bond motifs is 1. The summed E-state index contributed by atoms with van der Waals surface area (Å²) in [5, 5.41) is 5.03. The molecule has 0 fully saturated rings. The summed E-state index contributed by atoms with van der Waals surface area (Å²) in [6.45, 7) is 0.248. The molecule has 4 heterocycles. The number of rotatable bonds is 6. The number of hydrogen-bond acceptors (Lipinski definition) is 8. The first kappa shape index (κ1) is 19.8. The van der Waals surface area contributed by atoms with Gasteiger partial charge in [0, 0.05) is 13.2 Å². The summed E-state index contributed by atoms with van der Waals surface area (Å²) in [5.74, 6) is 0.627. The highest BCUT2D eigenvalue weighted by atomic mass is 32.2. The van der Waals surface area contributed by atoms with Crippen LogP contribution in [0, 0.1) is 0 Å². The molecule has 3 N–H and O–H groups in total. The van der Waals surface area contributed by atoms with E-state index in [0.717, 1.165) is 0 Å². The largest absolute Gasteiger partial charge is 0.463 e. The maximum atomic E-state index is 12.7. The standard InChI is InChI=1S/C20H18N8O3S/c1-27-11-17(22-12-27)32(29,30)26-15-6-3-2-5-13(15)10-28-19-14(9-23-28)18(24-20(21)25-19)16-7-4-8-31-16/h2-9,11-12,26H,10H2,1H3,(H2,21,24,25). The third-order valence-corrected chi connectivity index (χ3v) is 6.06. The van der Waals surface area contributed by atoms with Crippen LogP contribution in [-0.2, 0) is 23.6 Å². The van der Waals surface area contributed by atoms with Crippen molar-refractivity contribution in [3.05, 3.63) is 66.9 Å². The number of anilines is 2. The van der Waals surface area contributed by atoms with E-state index in [1.54, 1.807) is 53.0 Å². The van der Waals surface area contributed by atoms with Crippen LogP contribution in [0.25, 0.3) is 22.5 Å². The molecule has 5 aromatic rings. The Kier molecular flexibility index (Phi) is 4.63. The second kappa shape index (κ2) is 7.50. The lowest BCUT2D eigenvalue weighted by Crippen LogP contribution is -2.15. The van der Waals surface area contributed by atoms with Gasteiger partial charge in [0.2, 0.25) is 5.95 Å². The first-order valence-electron chi connectivity index (χ1n) is 9.52. The molecule has 0 bridgehead atoms. The van der Waals surface area contributed by atoms with Gasteiger partial charge in [0.1, 0.15) is 5.69 Å². The van der Waals surface area contributed by atoms with E-state index in [4.69, 9.17) is 10.2 Å². The molecule has 0 aliphatic rings. The molecular weight excluding hydrogens is 432 g/mol. The molecule has 5 rings (SSSR count). The summed E-state index contributed by atoms with van der Waals surface area (Å²) in [6, 6.07) is 10.6. The fourth-order valence-corrected chi connectivity index (χ4v) is 4.42. The third kappa shape index (κ3) is 3.56. The minimum atomic E-state index is -3.85. The number of aryl methyl sites for hydroxylation is 1. The Labute approximate surface area is 182 Å². The van der Waals surface area contributed by atoms with Crippen molar-refractivity contribution in [3.63, 3.8) is 0 Å². The molecule has 0 aliphatic heterocycles. The maximum Gasteiger partial charge on any atom is 0.280 e. The number of furan rings is 1. The molecule has 1 aromatic carbocycles. The second-order valence-electron chi connectivity index (χ2n) is 7.09. The molecule has 0 saturated carbocycles. The number of nitrogen functional groups attached to an aromatic ring is 1. The van der Waals surface area contributed by atoms with Crippen LogP contribution in [0.3, 0.4) is 0 Å². The number of nitrogens with zero attached hydrogens (tertiary/aromatic N) is 6. The molecule has 0 radical (unpaired) electrons. The zero-order valence-corrected chi connectivity index (χ0v) is 17.7. The monoisotopic (exact) mass is 450 g/mol. The average molecular weight is 450 g/mol. The molecule has 0 saturated heterocycles. The quantitative estimate of drug-likeness (QED) is 0.400. The molecule has 11 nitrogen and oxygen atoms in total. The fourth-order valence-electron chi connectivity index (χ4n) is 3.33. The lowest BCUT2D eigenvalue weighted by atomic mass is 10.2. The van der Waals surface area contributed by atoms with Gasteiger partial charge in [0.15, 0.2) is 16.4 Å². The highest BCUT2D eigenvalue weighted by Gasteiger charge is 2.20. The van der Waals surface area contributed by atoms with Crippen molar-refractivity contribution in [2.45, 2.75) is 11.6 Å². The SMILES string of the molecule is Cn1cnc(S(=O)(=O)Nc2ccccc2Cn2ncc3c(-c4ccco4)nc(N)nc32)c1. The first-order valence-corrected chi connectivity index (χ1v) is 11.0. The summed E-state index contributed by atoms with van der Waals surface area (Å²) in [6.07, 6.45) is 6.04. The van der Waals surface area contributed by atoms with Crippen LogP contribution in [0.1, 0.15) is 5.56 Å². The second-order valence-corrected chi connectivity index (χ2v) is 8.72. The van der Waals surface area contributed by atoms with Gasteiger partial charge >= 0.3 is 0 Å². The van der Waals surface area contributed by atoms with Crippen LogP contribution in [0.4, 0.5) is 11.6 Å². The molecule has 0 atom stereocenters. The van der Waals surface area contributed by atoms with Gasteiger partial charge in [-0.15, -0.1) is 0 Å². The normalized spacial score (nSPS) is 11.8. The summed E-state index contributed by atoms with van der Waals surface area (Å²) in [4.78, 5) is 12.5. The molecular formula is C20H18N8O3S. The minimum Gasteiger partial charge on any atom is -0.463 e. The van der Waals surface area contributed by atoms with Gasteiger partial charge in [-0.3, -0.25) is 4.72 Å². The maximum absolute atomic E-state index is 12.7. The van der Waals surface area contributed by atoms with Crippen molar-refractivity contribution in [1.82, 2.24) is 29.3 Å². The van der Waals surface area contributed by atoms with E-state index in [1.807, 2.05) is 12.1 Å². The van der Waals surface area contributed by atoms with Crippen molar-refractivity contribution in [3.8, 4) is 11.5 Å². The fraction of sp³-hybridized carbons (Fsp3) is 0.100. The van der Waals surface area contributed by atoms with Gasteiger partial charge in [-0.25, -0.2) is 14.6 Å². The minimum absolute atomic E-state index is 0.0667. The lowest BCUT2D eigenvalue weighted by Gasteiger charge is -2.12. The molecule has 12 heteroatoms. The summed E-state index contributed by atoms with van der Waals surface area (Å²) in [7, 11) is -2.15. The van der Waals surface area contributed by atoms with Crippen molar-refractivity contribution in [2.75, 3.05) is 10.5 Å². The predicted molar refractivity (Wildman–Crippen MR) is 117 cm³/mol. The Hall–Kier alpha value is -4.19. The highest BCUT2D eigenvalue weighted by molar-refractivity contribution is 7.92. The molecule has 4 aromatic heterocycles. The number of nitrogens with two attached hydrogens (primary N) is 1. The van der Waals surface area contributed by atoms with Crippen LogP contribution < -0.4 is 10.5 Å². The van der Waals surface area contributed by atoms with Crippen LogP contribution >= 0.6 is 0 Å². The van der Waals surface area contributed by atoms with E-state index in [-0.39, 0.29) is 17.5 Å². The van der Waals surface area contributed by atoms with Gasteiger partial charge in [-0.05, 0) is 23.8 Å². The zero-order valence-electron chi connectivity index (χ0n) is 16.9. The Morgan fingerprint density at radius 1 is 1.16 bits per heavy atom. The zero-order chi connectivity index (χ0) is 22.3. The third-order valence-electron chi connectivity index (χ3n) is 4.81. The topological polar surface area (TPSA) is 147 Å². The van der Waals surface area contributed by atoms with E-state index in [2.05, 4.69) is 24.8 Å². The highest BCUT2D eigenvalue weighted by Crippen LogP contribution is 2.28. The Morgan fingerprint density at radius 2 is 2.00 bits per heavy atom. The Balaban J connectivity index is 1.52. The van der Waals surface area contributed by atoms with Gasteiger partial charge in [-0.2, -0.15) is 18.5 Å². The molecule has 0 unspecified atom stereocenters. The number of para-hydroxylation sites is 1. The number of sulfonamides is 1. The number of imidazole rings is 1. The molecule has 0 amide bonds. The van der Waals surface area contributed by atoms with E-state index in [9.17, 15) is 8.42 Å². The number of benzene rings is 1. The van der Waals surface area contributed by atoms with Crippen molar-refractivity contribution >= 4 is 32.7 Å².